The van der Waals surface area contributed by atoms with Gasteiger partial charge in [0.1, 0.15) is 0 Å². The summed E-state index contributed by atoms with van der Waals surface area (Å²) in [5, 5.41) is 3.39. The smallest absolute Gasteiger partial charge is 0.254 e. The van der Waals surface area contributed by atoms with E-state index in [1.807, 2.05) is 24.1 Å². The first kappa shape index (κ1) is 15.2. The van der Waals surface area contributed by atoms with Crippen LogP contribution in [0.2, 0.25) is 0 Å². The Labute approximate surface area is 126 Å². The van der Waals surface area contributed by atoms with E-state index in [0.29, 0.717) is 6.04 Å². The Hall–Kier alpha value is -1.16. The number of benzene rings is 1. The van der Waals surface area contributed by atoms with Crippen LogP contribution in [0.5, 0.6) is 0 Å². The molecule has 0 bridgehead atoms. The van der Waals surface area contributed by atoms with E-state index in [-0.39, 0.29) is 5.91 Å². The molecule has 1 unspecified atom stereocenters. The number of thioether (sulfide) groups is 1. The number of amides is 1. The van der Waals surface area contributed by atoms with Gasteiger partial charge in [-0.05, 0) is 43.2 Å². The molecular weight excluding hydrogens is 268 g/mol. The Balaban J connectivity index is 2.24. The molecule has 1 N–H and O–H groups in total. The zero-order chi connectivity index (χ0) is 14.5. The fraction of sp³-hybridized carbons (Fsp3) is 0.562. The van der Waals surface area contributed by atoms with Crippen LogP contribution < -0.4 is 5.32 Å². The summed E-state index contributed by atoms with van der Waals surface area (Å²) in [5.41, 5.74) is 3.19. The standard InChI is InChI=1S/C16H24N2OS/c1-4-12(11-20-3)18(2)16(19)14-7-5-9-15-13(14)8-6-10-17-15/h5,7,9,12,17H,4,6,8,10-11H2,1-3H3. The second-order valence-corrected chi connectivity index (χ2v) is 6.21. The number of rotatable bonds is 5. The van der Waals surface area contributed by atoms with Gasteiger partial charge in [0.05, 0.1) is 0 Å². The van der Waals surface area contributed by atoms with Gasteiger partial charge >= 0.3 is 0 Å². The summed E-state index contributed by atoms with van der Waals surface area (Å²) >= 11 is 1.80. The lowest BCUT2D eigenvalue weighted by atomic mass is 9.96. The van der Waals surface area contributed by atoms with Crippen molar-refractivity contribution in [1.82, 2.24) is 4.90 Å². The van der Waals surface area contributed by atoms with Gasteiger partial charge in [-0.1, -0.05) is 13.0 Å². The molecule has 1 atom stereocenters. The molecule has 0 aromatic heterocycles. The van der Waals surface area contributed by atoms with Crippen LogP contribution >= 0.6 is 11.8 Å². The summed E-state index contributed by atoms with van der Waals surface area (Å²) in [4.78, 5) is 14.7. The number of nitrogens with zero attached hydrogens (tertiary/aromatic N) is 1. The zero-order valence-corrected chi connectivity index (χ0v) is 13.4. The van der Waals surface area contributed by atoms with Gasteiger partial charge in [-0.15, -0.1) is 0 Å². The van der Waals surface area contributed by atoms with Gasteiger partial charge in [-0.25, -0.2) is 0 Å². The van der Waals surface area contributed by atoms with Gasteiger partial charge < -0.3 is 10.2 Å². The second kappa shape index (κ2) is 7.02. The summed E-state index contributed by atoms with van der Waals surface area (Å²) in [5.74, 6) is 1.15. The number of fused-ring (bicyclic) bond motifs is 1. The molecule has 1 aliphatic rings. The average Bonchev–Trinajstić information content (AvgIpc) is 2.50. The van der Waals surface area contributed by atoms with Crippen LogP contribution in [0.25, 0.3) is 0 Å². The maximum atomic E-state index is 12.8. The van der Waals surface area contributed by atoms with Crippen molar-refractivity contribution in [2.45, 2.75) is 32.2 Å². The van der Waals surface area contributed by atoms with Crippen molar-refractivity contribution < 1.29 is 4.79 Å². The number of hydrogen-bond donors (Lipinski definition) is 1. The van der Waals surface area contributed by atoms with E-state index in [2.05, 4.69) is 24.6 Å². The monoisotopic (exact) mass is 292 g/mol. The van der Waals surface area contributed by atoms with E-state index in [0.717, 1.165) is 42.8 Å². The van der Waals surface area contributed by atoms with E-state index in [1.54, 1.807) is 11.8 Å². The van der Waals surface area contributed by atoms with Gasteiger partial charge in [0.25, 0.3) is 5.91 Å². The summed E-state index contributed by atoms with van der Waals surface area (Å²) in [6, 6.07) is 6.33. The van der Waals surface area contributed by atoms with Crippen LogP contribution in [-0.2, 0) is 6.42 Å². The van der Waals surface area contributed by atoms with Crippen LogP contribution in [0.3, 0.4) is 0 Å². The summed E-state index contributed by atoms with van der Waals surface area (Å²) in [6.07, 6.45) is 5.19. The minimum atomic E-state index is 0.159. The fourth-order valence-electron chi connectivity index (χ4n) is 2.76. The lowest BCUT2D eigenvalue weighted by molar-refractivity contribution is 0.0742. The third-order valence-corrected chi connectivity index (χ3v) is 4.74. The first-order chi connectivity index (χ1) is 9.69. The SMILES string of the molecule is CCC(CSC)N(C)C(=O)c1cccc2c1CCCN2. The third kappa shape index (κ3) is 3.11. The number of hydrogen-bond acceptors (Lipinski definition) is 3. The largest absolute Gasteiger partial charge is 0.385 e. The highest BCUT2D eigenvalue weighted by atomic mass is 32.2. The van der Waals surface area contributed by atoms with E-state index in [9.17, 15) is 4.79 Å². The van der Waals surface area contributed by atoms with Crippen molar-refractivity contribution in [3.8, 4) is 0 Å². The molecule has 1 aromatic rings. The summed E-state index contributed by atoms with van der Waals surface area (Å²) in [6.45, 7) is 3.15. The second-order valence-electron chi connectivity index (χ2n) is 5.30. The van der Waals surface area contributed by atoms with Crippen LogP contribution in [-0.4, -0.2) is 42.4 Å². The van der Waals surface area contributed by atoms with Gasteiger partial charge in [0.15, 0.2) is 0 Å². The molecule has 0 radical (unpaired) electrons. The van der Waals surface area contributed by atoms with E-state index in [4.69, 9.17) is 0 Å². The molecule has 20 heavy (non-hydrogen) atoms. The van der Waals surface area contributed by atoms with E-state index >= 15 is 0 Å². The minimum Gasteiger partial charge on any atom is -0.385 e. The molecule has 1 aromatic carbocycles. The molecule has 1 amide bonds. The van der Waals surface area contributed by atoms with Crippen molar-refractivity contribution in [3.63, 3.8) is 0 Å². The molecule has 110 valence electrons. The molecule has 0 saturated carbocycles. The third-order valence-electron chi connectivity index (χ3n) is 4.02. The molecule has 1 heterocycles. The lowest BCUT2D eigenvalue weighted by Crippen LogP contribution is -2.39. The van der Waals surface area contributed by atoms with Crippen LogP contribution in [0.4, 0.5) is 5.69 Å². The van der Waals surface area contributed by atoms with Crippen LogP contribution in [0.15, 0.2) is 18.2 Å². The Morgan fingerprint density at radius 1 is 1.50 bits per heavy atom. The first-order valence-electron chi connectivity index (χ1n) is 7.30. The number of nitrogens with one attached hydrogen (secondary N) is 1. The molecule has 2 rings (SSSR count). The van der Waals surface area contributed by atoms with Gasteiger partial charge in [0, 0.05) is 36.6 Å². The molecule has 0 aliphatic carbocycles. The Morgan fingerprint density at radius 2 is 2.30 bits per heavy atom. The predicted molar refractivity (Wildman–Crippen MR) is 87.8 cm³/mol. The first-order valence-corrected chi connectivity index (χ1v) is 8.70. The van der Waals surface area contributed by atoms with Crippen molar-refractivity contribution in [2.75, 3.05) is 30.9 Å². The van der Waals surface area contributed by atoms with Gasteiger partial charge in [-0.2, -0.15) is 11.8 Å². The van der Waals surface area contributed by atoms with E-state index in [1.165, 1.54) is 5.56 Å². The normalized spacial score (nSPS) is 15.2. The maximum absolute atomic E-state index is 12.8. The topological polar surface area (TPSA) is 32.3 Å². The fourth-order valence-corrected chi connectivity index (χ4v) is 3.61. The van der Waals surface area contributed by atoms with Crippen LogP contribution in [0.1, 0.15) is 35.7 Å². The Bertz CT molecular complexity index is 476. The van der Waals surface area contributed by atoms with Crippen LogP contribution in [0, 0.1) is 0 Å². The average molecular weight is 292 g/mol. The Morgan fingerprint density at radius 3 is 3.00 bits per heavy atom. The van der Waals surface area contributed by atoms with Gasteiger partial charge in [-0.3, -0.25) is 4.79 Å². The van der Waals surface area contributed by atoms with Crippen molar-refractivity contribution >= 4 is 23.4 Å². The molecule has 0 spiro atoms. The summed E-state index contributed by atoms with van der Waals surface area (Å²) in [7, 11) is 1.93. The molecule has 1 aliphatic heterocycles. The van der Waals surface area contributed by atoms with Crippen molar-refractivity contribution in [3.05, 3.63) is 29.3 Å². The number of anilines is 1. The highest BCUT2D eigenvalue weighted by Gasteiger charge is 2.23. The predicted octanol–water partition coefficient (Wildman–Crippen LogP) is 3.26. The quantitative estimate of drug-likeness (QED) is 0.904. The minimum absolute atomic E-state index is 0.159. The highest BCUT2D eigenvalue weighted by Crippen LogP contribution is 2.26. The highest BCUT2D eigenvalue weighted by molar-refractivity contribution is 7.98. The lowest BCUT2D eigenvalue weighted by Gasteiger charge is -2.29. The molecular formula is C16H24N2OS. The van der Waals surface area contributed by atoms with Crippen molar-refractivity contribution in [2.24, 2.45) is 0 Å². The summed E-state index contributed by atoms with van der Waals surface area (Å²) < 4.78 is 0. The maximum Gasteiger partial charge on any atom is 0.254 e. The van der Waals surface area contributed by atoms with Gasteiger partial charge in [0.2, 0.25) is 0 Å². The number of carbonyl (C=O) groups is 1. The van der Waals surface area contributed by atoms with Crippen molar-refractivity contribution in [1.29, 1.82) is 0 Å². The number of carbonyl (C=O) groups excluding carboxylic acids is 1. The molecule has 4 heteroatoms. The molecule has 0 saturated heterocycles. The zero-order valence-electron chi connectivity index (χ0n) is 12.6. The van der Waals surface area contributed by atoms with E-state index < -0.39 is 0 Å². The molecule has 0 fully saturated rings. The molecule has 3 nitrogen and oxygen atoms in total. The Kier molecular flexibility index (Phi) is 5.35.